The van der Waals surface area contributed by atoms with Crippen LogP contribution < -0.4 is 10.5 Å². The average molecular weight is 1440 g/mol. The van der Waals surface area contributed by atoms with Crippen molar-refractivity contribution in [2.45, 2.75) is 152 Å². The smallest absolute Gasteiger partial charge is 0.229 e. The number of likely N-dealkylation sites (tertiary alicyclic amines) is 3. The van der Waals surface area contributed by atoms with Crippen molar-refractivity contribution in [3.05, 3.63) is 303 Å². The van der Waals surface area contributed by atoms with Crippen LogP contribution in [0, 0.1) is 0 Å². The van der Waals surface area contributed by atoms with Crippen LogP contribution in [0.15, 0.2) is 237 Å². The maximum atomic E-state index is 11.7. The number of phenols is 1. The first-order valence-electron chi connectivity index (χ1n) is 39.2. The number of benzene rings is 9. The number of phenolic OH excluding ortho intramolecular Hbond substituents is 1. The van der Waals surface area contributed by atoms with Crippen LogP contribution in [0.4, 0.5) is 11.4 Å². The predicted molar refractivity (Wildman–Crippen MR) is 441 cm³/mol. The van der Waals surface area contributed by atoms with Gasteiger partial charge in [0, 0.05) is 49.3 Å². The lowest BCUT2D eigenvalue weighted by molar-refractivity contribution is 0.172. The molecule has 0 bridgehead atoms. The molecule has 9 aromatic rings. The van der Waals surface area contributed by atoms with E-state index in [0.717, 1.165) is 99.8 Å². The fraction of sp³-hybridized carbons (Fsp3) is 0.362. The number of nitrogens with two attached hydrogens (primary N) is 1. The lowest BCUT2D eigenvalue weighted by atomic mass is 9.85. The number of hydrogen-bond donors (Lipinski definition) is 6. The Hall–Kier alpha value is -8.69. The molecule has 12 heteroatoms. The van der Waals surface area contributed by atoms with Crippen molar-refractivity contribution in [1.29, 1.82) is 0 Å². The molecule has 0 radical (unpaired) electrons. The summed E-state index contributed by atoms with van der Waals surface area (Å²) in [5, 5.41) is 39.1. The molecule has 3 aliphatic heterocycles. The van der Waals surface area contributed by atoms with Gasteiger partial charge in [0.05, 0.1) is 6.26 Å². The van der Waals surface area contributed by atoms with Crippen molar-refractivity contribution >= 4 is 54.8 Å². The summed E-state index contributed by atoms with van der Waals surface area (Å²) in [6.07, 6.45) is 18.5. The molecule has 5 fully saturated rings. The summed E-state index contributed by atoms with van der Waals surface area (Å²) in [5.41, 5.74) is 28.9. The quantitative estimate of drug-likeness (QED) is 0.0227. The van der Waals surface area contributed by atoms with Crippen molar-refractivity contribution in [3.63, 3.8) is 0 Å². The van der Waals surface area contributed by atoms with Crippen molar-refractivity contribution in [2.75, 3.05) is 75.8 Å². The number of aliphatic hydroxyl groups is 3. The molecule has 9 aromatic carbocycles. The summed E-state index contributed by atoms with van der Waals surface area (Å²) in [6, 6.07) is 84.4. The first-order valence-corrected chi connectivity index (χ1v) is 41.0. The van der Waals surface area contributed by atoms with Crippen LogP contribution in [-0.4, -0.2) is 127 Å². The molecule has 7 N–H and O–H groups in total. The van der Waals surface area contributed by atoms with Crippen molar-refractivity contribution in [1.82, 2.24) is 14.7 Å². The third-order valence-electron chi connectivity index (χ3n) is 22.3. The number of aliphatic hydroxyl groups excluding tert-OH is 3. The third-order valence-corrected chi connectivity index (χ3v) is 22.9. The highest BCUT2D eigenvalue weighted by molar-refractivity contribution is 7.92. The van der Waals surface area contributed by atoms with E-state index < -0.39 is 10.0 Å². The van der Waals surface area contributed by atoms with E-state index in [1.165, 1.54) is 154 Å². The standard InChI is InChI=1S/C32H38N2O3S.C31H38N2O.C31H35NO2/c1-38(36,37)33-29-15-13-28(14-16-29)32(31(8-5-23-35)26-6-3-2-4-7-26)27-11-9-24(10-12-27)25-19-21-34(22-20-25)30-17-18-30;1-23(2)33-20-18-25(19-21-33)24-10-12-27(13-11-24)31(28-14-16-29(32)17-15-28)30(9-6-22-34)26-7-4-3-5-8-26;33-21-5-10-30(25-6-2-1-3-7-25)31(27-8-4-9-29(34)22-27)26-13-11-23(12-14-26)24-17-19-32(20-18-24)28-15-16-28/h2-4,6-7,9-16,25,30,33,35H,5,8,17-23H2,1H3;3-5,7-8,10-17,23,25,34H,6,9,18-22,32H2,1-2H3;1-4,6-9,11-14,22,24,28,33-34H,5,10,15-21H2/b32-31+;2*31-30+. The molecule has 0 spiro atoms. The molecular weight excluding hydrogens is 1330 g/mol. The zero-order valence-electron chi connectivity index (χ0n) is 62.6. The second-order valence-electron chi connectivity index (χ2n) is 30.1. The lowest BCUT2D eigenvalue weighted by Crippen LogP contribution is -2.37. The third kappa shape index (κ3) is 21.1. The van der Waals surface area contributed by atoms with E-state index in [0.29, 0.717) is 42.3 Å². The number of nitrogens with one attached hydrogen (secondary N) is 1. The number of nitrogens with zero attached hydrogens (tertiary/aromatic N) is 3. The van der Waals surface area contributed by atoms with Gasteiger partial charge in [0.2, 0.25) is 10.0 Å². The van der Waals surface area contributed by atoms with Crippen LogP contribution in [0.1, 0.15) is 201 Å². The first kappa shape index (κ1) is 76.9. The maximum Gasteiger partial charge on any atom is 0.229 e. The van der Waals surface area contributed by atoms with Crippen LogP contribution >= 0.6 is 0 Å². The minimum Gasteiger partial charge on any atom is -0.508 e. The van der Waals surface area contributed by atoms with E-state index in [1.807, 2.05) is 72.8 Å². The molecule has 0 unspecified atom stereocenters. The van der Waals surface area contributed by atoms with Crippen molar-refractivity contribution in [3.8, 4) is 5.75 Å². The number of sulfonamides is 1. The van der Waals surface area contributed by atoms with Gasteiger partial charge in [-0.15, -0.1) is 0 Å². The highest BCUT2D eigenvalue weighted by Crippen LogP contribution is 2.43. The van der Waals surface area contributed by atoms with Crippen LogP contribution in [0.2, 0.25) is 0 Å². The van der Waals surface area contributed by atoms with Gasteiger partial charge >= 0.3 is 0 Å². The van der Waals surface area contributed by atoms with Gasteiger partial charge in [-0.2, -0.15) is 0 Å². The Bertz CT molecular complexity index is 4420. The first-order chi connectivity index (χ1) is 51.7. The Balaban J connectivity index is 0.000000149. The number of piperidine rings is 3. The summed E-state index contributed by atoms with van der Waals surface area (Å²) in [5.74, 6) is 2.15. The number of anilines is 2. The number of rotatable bonds is 26. The summed E-state index contributed by atoms with van der Waals surface area (Å²) in [7, 11) is -3.35. The molecule has 554 valence electrons. The predicted octanol–water partition coefficient (Wildman–Crippen LogP) is 19.2. The molecule has 11 nitrogen and oxygen atoms in total. The molecule has 2 aliphatic carbocycles. The van der Waals surface area contributed by atoms with Crippen LogP contribution in [0.5, 0.6) is 5.75 Å². The summed E-state index contributed by atoms with van der Waals surface area (Å²) in [6.45, 7) is 12.3. The Labute approximate surface area is 632 Å². The Morgan fingerprint density at radius 1 is 0.396 bits per heavy atom. The molecule has 0 atom stereocenters. The molecule has 5 aliphatic rings. The van der Waals surface area contributed by atoms with E-state index in [-0.39, 0.29) is 25.6 Å². The molecular formula is C94H111N5O6S. The zero-order chi connectivity index (χ0) is 73.8. The largest absolute Gasteiger partial charge is 0.508 e. The maximum absolute atomic E-state index is 11.7. The van der Waals surface area contributed by atoms with E-state index in [4.69, 9.17) is 5.73 Å². The van der Waals surface area contributed by atoms with Gasteiger partial charge in [-0.3, -0.25) is 4.72 Å². The summed E-state index contributed by atoms with van der Waals surface area (Å²) in [4.78, 5) is 7.93. The Morgan fingerprint density at radius 3 is 1.02 bits per heavy atom. The molecule has 14 rings (SSSR count). The van der Waals surface area contributed by atoms with Crippen LogP contribution in [0.25, 0.3) is 33.4 Å². The van der Waals surface area contributed by atoms with Crippen LogP contribution in [-0.2, 0) is 10.0 Å². The van der Waals surface area contributed by atoms with Crippen molar-refractivity contribution in [2.24, 2.45) is 0 Å². The van der Waals surface area contributed by atoms with Gasteiger partial charge in [-0.25, -0.2) is 8.42 Å². The number of hydrogen-bond acceptors (Lipinski definition) is 10. The van der Waals surface area contributed by atoms with E-state index >= 15 is 0 Å². The van der Waals surface area contributed by atoms with Gasteiger partial charge in [-0.05, 0) is 310 Å². The summed E-state index contributed by atoms with van der Waals surface area (Å²) < 4.78 is 26.0. The number of allylic oxidation sites excluding steroid dienone is 3. The molecule has 106 heavy (non-hydrogen) atoms. The monoisotopic (exact) mass is 1440 g/mol. The fourth-order valence-corrected chi connectivity index (χ4v) is 16.9. The van der Waals surface area contributed by atoms with Gasteiger partial charge in [0.25, 0.3) is 0 Å². The Kier molecular flexibility index (Phi) is 27.4. The topological polar surface area (TPSA) is 163 Å². The van der Waals surface area contributed by atoms with Gasteiger partial charge < -0.3 is 40.9 Å². The van der Waals surface area contributed by atoms with Gasteiger partial charge in [-0.1, -0.05) is 200 Å². The van der Waals surface area contributed by atoms with Crippen molar-refractivity contribution < 1.29 is 28.8 Å². The minimum atomic E-state index is -3.35. The second kappa shape index (κ2) is 37.7. The zero-order valence-corrected chi connectivity index (χ0v) is 63.4. The molecule has 3 saturated heterocycles. The van der Waals surface area contributed by atoms with Crippen LogP contribution in [0.3, 0.4) is 0 Å². The highest BCUT2D eigenvalue weighted by atomic mass is 32.2. The lowest BCUT2D eigenvalue weighted by Gasteiger charge is -2.34. The average Bonchev–Trinajstić information content (AvgIpc) is 1.34. The number of aromatic hydroxyl groups is 1. The molecule has 3 heterocycles. The van der Waals surface area contributed by atoms with Gasteiger partial charge in [0.1, 0.15) is 5.75 Å². The van der Waals surface area contributed by atoms with E-state index in [1.54, 1.807) is 6.07 Å². The number of nitrogen functional groups attached to an aromatic ring is 1. The summed E-state index contributed by atoms with van der Waals surface area (Å²) >= 11 is 0. The highest BCUT2D eigenvalue weighted by Gasteiger charge is 2.34. The second-order valence-corrected chi connectivity index (χ2v) is 31.9. The SMILES string of the molecule is CC(C)N1CCC(c2ccc(/C(=C(/CCCO)c3ccccc3)c3ccc(N)cc3)cc2)CC1.CS(=O)(=O)Nc1ccc(/C(=C(\CCCO)c2ccccc2)c2ccc(C3CCN(C4CC4)CC3)cc2)cc1.OCCC/C(=C(/c1ccc(C2CCN(C3CC3)CC2)cc1)c1cccc(O)c1)c1ccccc1. The van der Waals surface area contributed by atoms with E-state index in [2.05, 4.69) is 191 Å². The molecule has 2 saturated carbocycles. The minimum absolute atomic E-state index is 0.124. The molecule has 0 aromatic heterocycles. The fourth-order valence-electron chi connectivity index (χ4n) is 16.3. The van der Waals surface area contributed by atoms with E-state index in [9.17, 15) is 28.8 Å². The normalized spacial score (nSPS) is 17.3. The molecule has 0 amide bonds. The van der Waals surface area contributed by atoms with Gasteiger partial charge in [0.15, 0.2) is 0 Å². The Morgan fingerprint density at radius 2 is 0.708 bits per heavy atom.